The molecule has 0 spiro atoms. The van der Waals surface area contributed by atoms with Crippen molar-refractivity contribution in [2.45, 2.75) is 5.41 Å². The van der Waals surface area contributed by atoms with Crippen LogP contribution in [0.25, 0.3) is 77.3 Å². The average molecular weight is 651 g/mol. The summed E-state index contributed by atoms with van der Waals surface area (Å²) in [5, 5.41) is 4.49. The lowest BCUT2D eigenvalue weighted by molar-refractivity contribution is 0.669. The largest absolute Gasteiger partial charge is 0.455 e. The summed E-state index contributed by atoms with van der Waals surface area (Å²) in [7, 11) is 0. The summed E-state index contributed by atoms with van der Waals surface area (Å²) < 4.78 is 13.8. The van der Waals surface area contributed by atoms with E-state index >= 15 is 0 Å². The smallest absolute Gasteiger partial charge is 0.143 e. The molecule has 0 aliphatic heterocycles. The molecule has 2 aromatic heterocycles. The highest BCUT2D eigenvalue weighted by atomic mass is 16.3. The molecule has 238 valence electrons. The third-order valence-electron chi connectivity index (χ3n) is 10.9. The molecule has 0 saturated carbocycles. The van der Waals surface area contributed by atoms with Gasteiger partial charge in [0, 0.05) is 32.7 Å². The van der Waals surface area contributed by atoms with E-state index in [9.17, 15) is 0 Å². The van der Waals surface area contributed by atoms with Crippen LogP contribution >= 0.6 is 0 Å². The Balaban J connectivity index is 1.46. The maximum atomic E-state index is 6.91. The van der Waals surface area contributed by atoms with Gasteiger partial charge in [-0.1, -0.05) is 158 Å². The summed E-state index contributed by atoms with van der Waals surface area (Å²) in [6.45, 7) is 0. The SMILES string of the molecule is c1ccc(-c2cc3c(c4c2oc2ccccc24)-c2c(cc(-c4ccccc4)c4oc5ccccc5c24)C3(c2ccccc2)c2ccccc2)cc1. The highest BCUT2D eigenvalue weighted by Gasteiger charge is 2.49. The van der Waals surface area contributed by atoms with E-state index < -0.39 is 5.41 Å². The molecule has 0 radical (unpaired) electrons. The first-order valence-electron chi connectivity index (χ1n) is 17.5. The maximum Gasteiger partial charge on any atom is 0.143 e. The second-order valence-electron chi connectivity index (χ2n) is 13.5. The molecule has 10 aromatic rings. The molecule has 2 heteroatoms. The van der Waals surface area contributed by atoms with E-state index in [1.807, 2.05) is 0 Å². The van der Waals surface area contributed by atoms with Crippen molar-refractivity contribution in [2.24, 2.45) is 0 Å². The molecule has 1 aliphatic carbocycles. The number of furan rings is 2. The quantitative estimate of drug-likeness (QED) is 0.189. The van der Waals surface area contributed by atoms with Crippen molar-refractivity contribution >= 4 is 43.9 Å². The van der Waals surface area contributed by atoms with E-state index in [0.717, 1.165) is 66.1 Å². The molecular formula is C49H30O2. The Labute approximate surface area is 294 Å². The lowest BCUT2D eigenvalue weighted by atomic mass is 9.67. The van der Waals surface area contributed by atoms with Gasteiger partial charge < -0.3 is 8.83 Å². The van der Waals surface area contributed by atoms with Crippen LogP contribution in [0.15, 0.2) is 191 Å². The van der Waals surface area contributed by atoms with Crippen molar-refractivity contribution in [2.75, 3.05) is 0 Å². The molecule has 51 heavy (non-hydrogen) atoms. The van der Waals surface area contributed by atoms with Crippen LogP contribution in [0.1, 0.15) is 22.3 Å². The standard InChI is InChI=1S/C49H30O2/c1-5-17-31(18-6-1)37-29-39-45(43-35-25-13-15-27-41(35)50-47(37)43)46-40(49(39,33-21-9-3-10-22-33)34-23-11-4-12-24-34)30-38(32-19-7-2-8-20-32)48-44(46)36-26-14-16-28-42(36)51-48/h1-30H. The van der Waals surface area contributed by atoms with Crippen molar-refractivity contribution < 1.29 is 8.83 Å². The van der Waals surface area contributed by atoms with E-state index in [1.54, 1.807) is 0 Å². The fraction of sp³-hybridized carbons (Fsp3) is 0.0204. The molecule has 8 aromatic carbocycles. The van der Waals surface area contributed by atoms with Crippen LogP contribution in [-0.2, 0) is 5.41 Å². The Morgan fingerprint density at radius 1 is 0.353 bits per heavy atom. The Hall–Kier alpha value is -6.64. The van der Waals surface area contributed by atoms with Gasteiger partial charge in [0.2, 0.25) is 0 Å². The van der Waals surface area contributed by atoms with Gasteiger partial charge in [-0.25, -0.2) is 0 Å². The third-order valence-corrected chi connectivity index (χ3v) is 10.9. The van der Waals surface area contributed by atoms with E-state index in [1.165, 1.54) is 33.4 Å². The first kappa shape index (κ1) is 28.2. The van der Waals surface area contributed by atoms with Crippen molar-refractivity contribution in [1.82, 2.24) is 0 Å². The number of para-hydroxylation sites is 2. The fourth-order valence-corrected chi connectivity index (χ4v) is 8.89. The normalized spacial score (nSPS) is 13.3. The van der Waals surface area contributed by atoms with Crippen molar-refractivity contribution in [3.05, 3.63) is 204 Å². The van der Waals surface area contributed by atoms with Gasteiger partial charge in [-0.05, 0) is 68.8 Å². The molecule has 0 fully saturated rings. The number of hydrogen-bond acceptors (Lipinski definition) is 2. The fourth-order valence-electron chi connectivity index (χ4n) is 8.89. The molecule has 0 bridgehead atoms. The molecule has 2 heterocycles. The van der Waals surface area contributed by atoms with Gasteiger partial charge in [-0.3, -0.25) is 0 Å². The highest BCUT2D eigenvalue weighted by Crippen LogP contribution is 2.63. The van der Waals surface area contributed by atoms with Crippen molar-refractivity contribution in [1.29, 1.82) is 0 Å². The number of benzene rings is 8. The predicted molar refractivity (Wildman–Crippen MR) is 209 cm³/mol. The van der Waals surface area contributed by atoms with E-state index in [0.29, 0.717) is 0 Å². The predicted octanol–water partition coefficient (Wildman–Crippen LogP) is 13.2. The van der Waals surface area contributed by atoms with Gasteiger partial charge in [-0.2, -0.15) is 0 Å². The van der Waals surface area contributed by atoms with E-state index in [4.69, 9.17) is 8.83 Å². The van der Waals surface area contributed by atoms with Gasteiger partial charge in [-0.15, -0.1) is 0 Å². The molecular weight excluding hydrogens is 621 g/mol. The monoisotopic (exact) mass is 650 g/mol. The van der Waals surface area contributed by atoms with Crippen LogP contribution in [0.5, 0.6) is 0 Å². The molecule has 0 saturated heterocycles. The second kappa shape index (κ2) is 10.7. The minimum atomic E-state index is -0.653. The minimum absolute atomic E-state index is 0.653. The lowest BCUT2D eigenvalue weighted by Crippen LogP contribution is -2.28. The Kier molecular flexibility index (Phi) is 5.91. The van der Waals surface area contributed by atoms with Crippen molar-refractivity contribution in [3.8, 4) is 33.4 Å². The Morgan fingerprint density at radius 2 is 0.706 bits per heavy atom. The summed E-state index contributed by atoms with van der Waals surface area (Å²) in [5.74, 6) is 0. The average Bonchev–Trinajstić information content (AvgIpc) is 3.87. The van der Waals surface area contributed by atoms with Crippen LogP contribution < -0.4 is 0 Å². The summed E-state index contributed by atoms with van der Waals surface area (Å²) >= 11 is 0. The number of hydrogen-bond donors (Lipinski definition) is 0. The first-order chi connectivity index (χ1) is 25.3. The van der Waals surface area contributed by atoms with Gasteiger partial charge in [0.05, 0.1) is 5.41 Å². The summed E-state index contributed by atoms with van der Waals surface area (Å²) in [6.07, 6.45) is 0. The van der Waals surface area contributed by atoms with Crippen LogP contribution in [0, 0.1) is 0 Å². The Bertz CT molecular complexity index is 2730. The van der Waals surface area contributed by atoms with Gasteiger partial charge in [0.25, 0.3) is 0 Å². The van der Waals surface area contributed by atoms with Gasteiger partial charge in [0.15, 0.2) is 0 Å². The summed E-state index contributed by atoms with van der Waals surface area (Å²) in [6, 6.07) is 65.3. The second-order valence-corrected chi connectivity index (χ2v) is 13.5. The lowest BCUT2D eigenvalue weighted by Gasteiger charge is -2.34. The van der Waals surface area contributed by atoms with Crippen LogP contribution in [0.3, 0.4) is 0 Å². The topological polar surface area (TPSA) is 26.3 Å². The van der Waals surface area contributed by atoms with Crippen LogP contribution in [0.2, 0.25) is 0 Å². The molecule has 0 atom stereocenters. The van der Waals surface area contributed by atoms with E-state index in [-0.39, 0.29) is 0 Å². The van der Waals surface area contributed by atoms with Gasteiger partial charge in [0.1, 0.15) is 22.3 Å². The zero-order valence-corrected chi connectivity index (χ0v) is 27.6. The maximum absolute atomic E-state index is 6.91. The highest BCUT2D eigenvalue weighted by molar-refractivity contribution is 6.26. The van der Waals surface area contributed by atoms with Gasteiger partial charge >= 0.3 is 0 Å². The third kappa shape index (κ3) is 3.82. The zero-order valence-electron chi connectivity index (χ0n) is 27.6. The molecule has 0 amide bonds. The summed E-state index contributed by atoms with van der Waals surface area (Å²) in [5.41, 5.74) is 14.6. The molecule has 1 aliphatic rings. The first-order valence-corrected chi connectivity index (χ1v) is 17.5. The van der Waals surface area contributed by atoms with Crippen molar-refractivity contribution in [3.63, 3.8) is 0 Å². The minimum Gasteiger partial charge on any atom is -0.455 e. The Morgan fingerprint density at radius 3 is 1.12 bits per heavy atom. The molecule has 0 N–H and O–H groups in total. The number of rotatable bonds is 4. The number of fused-ring (bicyclic) bond motifs is 11. The van der Waals surface area contributed by atoms with Crippen LogP contribution in [-0.4, -0.2) is 0 Å². The van der Waals surface area contributed by atoms with Crippen LogP contribution in [0.4, 0.5) is 0 Å². The summed E-state index contributed by atoms with van der Waals surface area (Å²) in [4.78, 5) is 0. The molecule has 11 rings (SSSR count). The zero-order chi connectivity index (χ0) is 33.5. The van der Waals surface area contributed by atoms with E-state index in [2.05, 4.69) is 182 Å². The molecule has 2 nitrogen and oxygen atoms in total. The molecule has 0 unspecified atom stereocenters.